The summed E-state index contributed by atoms with van der Waals surface area (Å²) in [4.78, 5) is 72.0. The molecular weight excluding hydrogens is 847 g/mol. The van der Waals surface area contributed by atoms with Crippen LogP contribution in [-0.4, -0.2) is 129 Å². The largest absolute Gasteiger partial charge is 0.460 e. The van der Waals surface area contributed by atoms with Gasteiger partial charge in [0.15, 0.2) is 0 Å². The van der Waals surface area contributed by atoms with Gasteiger partial charge >= 0.3 is 5.97 Å². The fourth-order valence-electron chi connectivity index (χ4n) is 10.7. The first-order chi connectivity index (χ1) is 31.3. The summed E-state index contributed by atoms with van der Waals surface area (Å²) in [6.45, 7) is 11.7. The fraction of sp³-hybridized carbons (Fsp3) is 0.750. The lowest BCUT2D eigenvalue weighted by atomic mass is 9.75. The number of carbonyl (C=O) groups is 5. The van der Waals surface area contributed by atoms with Crippen molar-refractivity contribution < 1.29 is 63.7 Å². The predicted molar refractivity (Wildman–Crippen MR) is 249 cm³/mol. The molecule has 3 heterocycles. The molecule has 0 aromatic rings. The van der Waals surface area contributed by atoms with Gasteiger partial charge < -0.3 is 44.6 Å². The highest BCUT2D eigenvalue weighted by Gasteiger charge is 2.53. The number of nitrogens with zero attached hydrogens (tertiary/aromatic N) is 1. The van der Waals surface area contributed by atoms with Crippen LogP contribution in [0.1, 0.15) is 126 Å². The number of hydrogen-bond donors (Lipinski definition) is 5. The van der Waals surface area contributed by atoms with E-state index in [9.17, 15) is 49.5 Å². The van der Waals surface area contributed by atoms with Crippen molar-refractivity contribution >= 4 is 29.2 Å². The minimum Gasteiger partial charge on any atom is -0.460 e. The highest BCUT2D eigenvalue weighted by atomic mass is 16.6. The lowest BCUT2D eigenvalue weighted by Crippen LogP contribution is -2.61. The maximum absolute atomic E-state index is 14.4. The lowest BCUT2D eigenvalue weighted by Gasteiger charge is -2.42. The van der Waals surface area contributed by atoms with E-state index in [1.54, 1.807) is 34.0 Å². The predicted octanol–water partition coefficient (Wildman–Crippen LogP) is 5.62. The van der Waals surface area contributed by atoms with Crippen molar-refractivity contribution in [3.63, 3.8) is 0 Å². The van der Waals surface area contributed by atoms with Crippen LogP contribution in [0.5, 0.6) is 0 Å². The van der Waals surface area contributed by atoms with Gasteiger partial charge in [-0.3, -0.25) is 19.2 Å². The van der Waals surface area contributed by atoms with Crippen molar-refractivity contribution in [1.82, 2.24) is 4.90 Å². The van der Waals surface area contributed by atoms with Crippen molar-refractivity contribution in [3.8, 4) is 0 Å². The summed E-state index contributed by atoms with van der Waals surface area (Å²) in [5.41, 5.74) is 1.44. The number of Topliss-reactive ketones (excluding diaryl/α,β-unsaturated/α-hetero) is 3. The highest BCUT2D eigenvalue weighted by molar-refractivity contribution is 6.39. The van der Waals surface area contributed by atoms with Gasteiger partial charge in [-0.15, -0.1) is 0 Å². The average Bonchev–Trinajstić information content (AvgIpc) is 3.29. The van der Waals surface area contributed by atoms with Crippen LogP contribution in [0.4, 0.5) is 0 Å². The Bertz CT molecular complexity index is 1770. The van der Waals surface area contributed by atoms with Crippen molar-refractivity contribution in [2.24, 2.45) is 53.3 Å². The van der Waals surface area contributed by atoms with Crippen molar-refractivity contribution in [1.29, 1.82) is 0 Å². The monoisotopic (exact) mass is 928 g/mol. The molecule has 5 N–H and O–H groups in total. The molecule has 2 saturated heterocycles. The number of amides is 1. The topological polar surface area (TPSA) is 217 Å². The third-order valence-corrected chi connectivity index (χ3v) is 15.1. The van der Waals surface area contributed by atoms with Crippen LogP contribution in [0.2, 0.25) is 0 Å². The van der Waals surface area contributed by atoms with Crippen LogP contribution in [-0.2, 0) is 38.2 Å². The minimum atomic E-state index is -2.44. The summed E-state index contributed by atoms with van der Waals surface area (Å²) >= 11 is 0. The smallest absolute Gasteiger partial charge is 0.329 e. The number of piperidine rings is 1. The third-order valence-electron chi connectivity index (χ3n) is 15.1. The second kappa shape index (κ2) is 25.8. The molecule has 1 saturated carbocycles. The second-order valence-electron chi connectivity index (χ2n) is 20.2. The summed E-state index contributed by atoms with van der Waals surface area (Å²) < 4.78 is 18.2. The number of aliphatic hydroxyl groups is 5. The van der Waals surface area contributed by atoms with E-state index in [0.29, 0.717) is 69.8 Å². The van der Waals surface area contributed by atoms with Crippen LogP contribution >= 0.6 is 0 Å². The molecule has 0 spiro atoms. The maximum Gasteiger partial charge on any atom is 0.329 e. The number of cyclic esters (lactones) is 1. The molecule has 1 unspecified atom stereocenters. The normalized spacial score (nSPS) is 38.7. The summed E-state index contributed by atoms with van der Waals surface area (Å²) in [5, 5.41) is 53.4. The van der Waals surface area contributed by atoms with E-state index in [1.807, 2.05) is 58.1 Å². The van der Waals surface area contributed by atoms with Gasteiger partial charge in [0.2, 0.25) is 5.79 Å². The SMILES string of the molecule is CO[C@H]1C[C@@H]2CC[C@@H](C)[C@@](O)(O2)C(=O)C(=O)N2CCCC[C@H]2C(=O)O[C@H]([C@H](C)C[C@@H]2CC[C@@H](O)[C@H](CO)C2)CC(=O)[C@H](C)/C=C(\C)[C@@H](CO)[C@@H](CO)C(=O)C(C)C[C@H](C)/C=C/C=CC=C1C. The molecule has 2 bridgehead atoms. The third kappa shape index (κ3) is 14.3. The lowest BCUT2D eigenvalue weighted by molar-refractivity contribution is -0.265. The van der Waals surface area contributed by atoms with Gasteiger partial charge in [0.25, 0.3) is 11.7 Å². The molecule has 14 nitrogen and oxygen atoms in total. The van der Waals surface area contributed by atoms with Gasteiger partial charge in [0, 0.05) is 68.6 Å². The number of ether oxygens (including phenoxy) is 3. The zero-order valence-electron chi connectivity index (χ0n) is 40.8. The minimum absolute atomic E-state index is 0.00725. The molecule has 4 rings (SSSR count). The molecular formula is C52H81NO13. The second-order valence-corrected chi connectivity index (χ2v) is 20.2. The zero-order valence-corrected chi connectivity index (χ0v) is 40.8. The van der Waals surface area contributed by atoms with Crippen LogP contribution < -0.4 is 0 Å². The molecule has 1 amide bonds. The van der Waals surface area contributed by atoms with Gasteiger partial charge in [0.1, 0.15) is 23.7 Å². The number of carbonyl (C=O) groups excluding carboxylic acids is 5. The Labute approximate surface area is 392 Å². The van der Waals surface area contributed by atoms with E-state index in [1.165, 1.54) is 4.90 Å². The van der Waals surface area contributed by atoms with E-state index in [2.05, 4.69) is 0 Å². The van der Waals surface area contributed by atoms with E-state index in [-0.39, 0.29) is 61.2 Å². The van der Waals surface area contributed by atoms with Crippen LogP contribution in [0.25, 0.3) is 0 Å². The Morgan fingerprint density at radius 2 is 1.56 bits per heavy atom. The maximum atomic E-state index is 14.4. The Morgan fingerprint density at radius 1 is 0.848 bits per heavy atom. The summed E-state index contributed by atoms with van der Waals surface area (Å²) in [5.74, 6) is -9.95. The first kappa shape index (κ1) is 55.2. The molecule has 66 heavy (non-hydrogen) atoms. The number of aliphatic hydroxyl groups excluding tert-OH is 4. The van der Waals surface area contributed by atoms with E-state index in [0.717, 1.165) is 5.57 Å². The van der Waals surface area contributed by atoms with Gasteiger partial charge in [-0.2, -0.15) is 0 Å². The number of rotatable bonds is 7. The standard InChI is InChI=1S/C52H81NO13/c1-31-14-10-9-11-15-32(2)46(64-8)26-40-19-17-37(7)52(63,66-40)49(60)50(61)53-21-13-12-16-43(53)51(62)65-47(35(5)24-38-18-20-44(57)39(25-38)28-54)27-45(58)34(4)23-33(3)41(29-55)42(30-56)48(59)36(6)22-31/h9-11,14-15,23,31,34-44,46-47,54-57,63H,12-13,16-22,24-30H2,1-8H3/b11-9?,14-10+,32-15?,33-23+/t31-,34-,35-,36?,37-,38+,39+,40+,41-,42-,43+,44-,46+,47+,52-/m1/s1. The van der Waals surface area contributed by atoms with Gasteiger partial charge in [0.05, 0.1) is 31.5 Å². The Balaban J connectivity index is 1.72. The van der Waals surface area contributed by atoms with E-state index in [4.69, 9.17) is 14.2 Å². The van der Waals surface area contributed by atoms with Gasteiger partial charge in [-0.1, -0.05) is 76.6 Å². The Morgan fingerprint density at radius 3 is 2.23 bits per heavy atom. The van der Waals surface area contributed by atoms with Crippen LogP contribution in [0, 0.1) is 53.3 Å². The number of allylic oxidation sites excluding steroid dienone is 6. The van der Waals surface area contributed by atoms with Crippen molar-refractivity contribution in [3.05, 3.63) is 47.6 Å². The molecule has 4 aliphatic rings. The average molecular weight is 928 g/mol. The number of fused-ring (bicyclic) bond motifs is 3. The number of hydrogen-bond acceptors (Lipinski definition) is 13. The van der Waals surface area contributed by atoms with Gasteiger partial charge in [-0.05, 0) is 101 Å². The van der Waals surface area contributed by atoms with E-state index < -0.39 is 96.7 Å². The first-order valence-corrected chi connectivity index (χ1v) is 24.6. The number of esters is 1. The van der Waals surface area contributed by atoms with Crippen molar-refractivity contribution in [2.45, 2.75) is 162 Å². The molecule has 15 atom stereocenters. The van der Waals surface area contributed by atoms with Gasteiger partial charge in [-0.25, -0.2) is 4.79 Å². The Kier molecular flexibility index (Phi) is 21.6. The number of methoxy groups -OCH3 is 1. The summed E-state index contributed by atoms with van der Waals surface area (Å²) in [7, 11) is 1.57. The number of ketones is 3. The molecule has 3 aliphatic heterocycles. The summed E-state index contributed by atoms with van der Waals surface area (Å²) in [6.07, 6.45) is 13.7. The van der Waals surface area contributed by atoms with Crippen LogP contribution in [0.15, 0.2) is 47.6 Å². The quantitative estimate of drug-likeness (QED) is 0.119. The van der Waals surface area contributed by atoms with E-state index >= 15 is 0 Å². The summed E-state index contributed by atoms with van der Waals surface area (Å²) in [6, 6.07) is -1.16. The molecule has 3 fully saturated rings. The zero-order chi connectivity index (χ0) is 48.9. The first-order valence-electron chi connectivity index (χ1n) is 24.6. The molecule has 372 valence electrons. The fourth-order valence-corrected chi connectivity index (χ4v) is 10.7. The molecule has 0 radical (unpaired) electrons. The van der Waals surface area contributed by atoms with Crippen molar-refractivity contribution in [2.75, 3.05) is 33.5 Å². The molecule has 1 aliphatic carbocycles. The Hall–Kier alpha value is -3.37. The molecule has 0 aromatic carbocycles. The van der Waals surface area contributed by atoms with Crippen LogP contribution in [0.3, 0.4) is 0 Å². The molecule has 0 aromatic heterocycles. The highest BCUT2D eigenvalue weighted by Crippen LogP contribution is 2.38. The molecule has 14 heteroatoms.